The van der Waals surface area contributed by atoms with Gasteiger partial charge < -0.3 is 9.30 Å². The maximum absolute atomic E-state index is 12.7. The van der Waals surface area contributed by atoms with Crippen molar-refractivity contribution in [2.45, 2.75) is 61.9 Å². The lowest BCUT2D eigenvalue weighted by atomic mass is 10.1. The standard InChI is InChI=1S/C23H25N5O3S/c1-23(9-10-23)27-32(29,30)17-7-8-20(25-14-17)21-19(12-24)18-11-16(31-2)13-26-22(18)28(21)15-5-3-4-6-15/h7-8,11,13-15,27H,3-6,9-10H2,1-2H3. The van der Waals surface area contributed by atoms with Crippen LogP contribution in [0.15, 0.2) is 35.5 Å². The number of rotatable bonds is 6. The van der Waals surface area contributed by atoms with Gasteiger partial charge in [0.25, 0.3) is 0 Å². The number of sulfonamides is 1. The molecule has 2 aliphatic carbocycles. The highest BCUT2D eigenvalue weighted by Crippen LogP contribution is 2.41. The summed E-state index contributed by atoms with van der Waals surface area (Å²) in [7, 11) is -2.07. The number of methoxy groups -OCH3 is 1. The molecule has 0 amide bonds. The summed E-state index contributed by atoms with van der Waals surface area (Å²) >= 11 is 0. The van der Waals surface area contributed by atoms with Crippen LogP contribution in [0.3, 0.4) is 0 Å². The highest BCUT2D eigenvalue weighted by Gasteiger charge is 2.41. The van der Waals surface area contributed by atoms with Crippen molar-refractivity contribution in [3.63, 3.8) is 0 Å². The molecule has 0 bridgehead atoms. The van der Waals surface area contributed by atoms with Crippen molar-refractivity contribution in [3.8, 4) is 23.2 Å². The average molecular weight is 452 g/mol. The van der Waals surface area contributed by atoms with Gasteiger partial charge in [-0.25, -0.2) is 18.1 Å². The van der Waals surface area contributed by atoms with Gasteiger partial charge >= 0.3 is 0 Å². The number of aromatic nitrogens is 3. The molecule has 0 aromatic carbocycles. The fourth-order valence-electron chi connectivity index (χ4n) is 4.51. The number of hydrogen-bond acceptors (Lipinski definition) is 6. The second kappa shape index (κ2) is 7.57. The van der Waals surface area contributed by atoms with E-state index in [0.29, 0.717) is 22.7 Å². The zero-order valence-electron chi connectivity index (χ0n) is 18.1. The van der Waals surface area contributed by atoms with E-state index in [4.69, 9.17) is 4.74 Å². The predicted octanol–water partition coefficient (Wildman–Crippen LogP) is 3.92. The van der Waals surface area contributed by atoms with Gasteiger partial charge in [0.2, 0.25) is 10.0 Å². The molecule has 1 N–H and O–H groups in total. The lowest BCUT2D eigenvalue weighted by Gasteiger charge is -2.17. The van der Waals surface area contributed by atoms with Crippen molar-refractivity contribution in [2.24, 2.45) is 0 Å². The van der Waals surface area contributed by atoms with Crippen LogP contribution in [-0.4, -0.2) is 35.6 Å². The minimum atomic E-state index is -3.64. The monoisotopic (exact) mass is 451 g/mol. The first-order chi connectivity index (χ1) is 15.3. The van der Waals surface area contributed by atoms with E-state index in [0.717, 1.165) is 49.6 Å². The Morgan fingerprint density at radius 3 is 2.56 bits per heavy atom. The molecule has 166 valence electrons. The minimum absolute atomic E-state index is 0.121. The number of fused-ring (bicyclic) bond motifs is 1. The molecule has 0 aliphatic heterocycles. The van der Waals surface area contributed by atoms with Crippen molar-refractivity contribution >= 4 is 21.1 Å². The van der Waals surface area contributed by atoms with Gasteiger partial charge in [0.05, 0.1) is 30.3 Å². The molecule has 9 heteroatoms. The first-order valence-corrected chi connectivity index (χ1v) is 12.3. The Kier molecular flexibility index (Phi) is 4.95. The number of nitrogens with one attached hydrogen (secondary N) is 1. The summed E-state index contributed by atoms with van der Waals surface area (Å²) in [5.41, 5.74) is 2.09. The summed E-state index contributed by atoms with van der Waals surface area (Å²) in [6.07, 6.45) is 8.95. The average Bonchev–Trinajstić information content (AvgIpc) is 3.18. The number of nitrogens with zero attached hydrogens (tertiary/aromatic N) is 4. The van der Waals surface area contributed by atoms with Crippen LogP contribution >= 0.6 is 0 Å². The van der Waals surface area contributed by atoms with Crippen molar-refractivity contribution < 1.29 is 13.2 Å². The third kappa shape index (κ3) is 3.53. The zero-order chi connectivity index (χ0) is 22.5. The molecular formula is C23H25N5O3S. The summed E-state index contributed by atoms with van der Waals surface area (Å²) in [4.78, 5) is 9.22. The van der Waals surface area contributed by atoms with Gasteiger partial charge in [0.1, 0.15) is 22.4 Å². The van der Waals surface area contributed by atoms with Gasteiger partial charge in [0.15, 0.2) is 0 Å². The maximum atomic E-state index is 12.7. The quantitative estimate of drug-likeness (QED) is 0.608. The maximum Gasteiger partial charge on any atom is 0.242 e. The zero-order valence-corrected chi connectivity index (χ0v) is 18.9. The summed E-state index contributed by atoms with van der Waals surface area (Å²) < 4.78 is 35.6. The lowest BCUT2D eigenvalue weighted by molar-refractivity contribution is 0.413. The second-order valence-electron chi connectivity index (χ2n) is 8.94. The Hall–Kier alpha value is -2.96. The van der Waals surface area contributed by atoms with E-state index in [2.05, 4.69) is 25.3 Å². The van der Waals surface area contributed by atoms with Crippen molar-refractivity contribution in [1.29, 1.82) is 5.26 Å². The fourth-order valence-corrected chi connectivity index (χ4v) is 5.92. The van der Waals surface area contributed by atoms with Crippen LogP contribution in [0.1, 0.15) is 57.1 Å². The number of ether oxygens (including phenoxy) is 1. The van der Waals surface area contributed by atoms with Gasteiger partial charge in [-0.2, -0.15) is 5.26 Å². The van der Waals surface area contributed by atoms with E-state index in [1.807, 2.05) is 13.0 Å². The van der Waals surface area contributed by atoms with Crippen LogP contribution in [0.5, 0.6) is 5.75 Å². The van der Waals surface area contributed by atoms with Crippen LogP contribution < -0.4 is 9.46 Å². The summed E-state index contributed by atoms with van der Waals surface area (Å²) in [5, 5.41) is 10.8. The molecule has 2 aliphatic rings. The van der Waals surface area contributed by atoms with Crippen LogP contribution in [0.4, 0.5) is 0 Å². The van der Waals surface area contributed by atoms with E-state index >= 15 is 0 Å². The van der Waals surface area contributed by atoms with E-state index in [-0.39, 0.29) is 16.5 Å². The first kappa shape index (κ1) is 20.9. The Balaban J connectivity index is 1.64. The van der Waals surface area contributed by atoms with Gasteiger partial charge in [-0.05, 0) is 50.8 Å². The molecule has 0 saturated heterocycles. The smallest absolute Gasteiger partial charge is 0.242 e. The normalized spacial score (nSPS) is 18.0. The van der Waals surface area contributed by atoms with Crippen molar-refractivity contribution in [1.82, 2.24) is 19.3 Å². The highest BCUT2D eigenvalue weighted by molar-refractivity contribution is 7.89. The van der Waals surface area contributed by atoms with Crippen molar-refractivity contribution in [2.75, 3.05) is 7.11 Å². The molecule has 0 radical (unpaired) electrons. The molecule has 3 heterocycles. The first-order valence-electron chi connectivity index (χ1n) is 10.8. The Labute approximate surface area is 187 Å². The molecule has 2 fully saturated rings. The van der Waals surface area contributed by atoms with Gasteiger partial charge in [0, 0.05) is 23.2 Å². The van der Waals surface area contributed by atoms with Crippen LogP contribution in [-0.2, 0) is 10.0 Å². The van der Waals surface area contributed by atoms with E-state index < -0.39 is 10.0 Å². The van der Waals surface area contributed by atoms with Gasteiger partial charge in [-0.3, -0.25) is 4.98 Å². The molecule has 0 unspecified atom stereocenters. The predicted molar refractivity (Wildman–Crippen MR) is 120 cm³/mol. The van der Waals surface area contributed by atoms with E-state index in [9.17, 15) is 13.7 Å². The van der Waals surface area contributed by atoms with Crippen molar-refractivity contribution in [3.05, 3.63) is 36.2 Å². The highest BCUT2D eigenvalue weighted by atomic mass is 32.2. The van der Waals surface area contributed by atoms with Crippen LogP contribution in [0.2, 0.25) is 0 Å². The summed E-state index contributed by atoms with van der Waals surface area (Å²) in [5.74, 6) is 0.582. The molecule has 8 nitrogen and oxygen atoms in total. The molecule has 0 spiro atoms. The number of hydrogen-bond donors (Lipinski definition) is 1. The molecule has 3 aromatic heterocycles. The van der Waals surface area contributed by atoms with E-state index in [1.54, 1.807) is 25.4 Å². The molecule has 0 atom stereocenters. The second-order valence-corrected chi connectivity index (χ2v) is 10.6. The van der Waals surface area contributed by atoms with E-state index in [1.165, 1.54) is 6.20 Å². The van der Waals surface area contributed by atoms with Gasteiger partial charge in [-0.1, -0.05) is 12.8 Å². The SMILES string of the molecule is COc1cnc2c(c1)c(C#N)c(-c1ccc(S(=O)(=O)NC3(C)CC3)cn1)n2C1CCCC1. The lowest BCUT2D eigenvalue weighted by Crippen LogP contribution is -2.34. The number of nitriles is 1. The summed E-state index contributed by atoms with van der Waals surface area (Å²) in [6, 6.07) is 7.62. The largest absolute Gasteiger partial charge is 0.495 e. The Morgan fingerprint density at radius 2 is 1.97 bits per heavy atom. The Morgan fingerprint density at radius 1 is 1.22 bits per heavy atom. The third-order valence-electron chi connectivity index (χ3n) is 6.52. The van der Waals surface area contributed by atoms with Gasteiger partial charge in [-0.15, -0.1) is 0 Å². The molecule has 2 saturated carbocycles. The molecule has 3 aromatic rings. The molecule has 5 rings (SSSR count). The fraction of sp³-hybridized carbons (Fsp3) is 0.435. The molecular weight excluding hydrogens is 426 g/mol. The summed E-state index contributed by atoms with van der Waals surface area (Å²) in [6.45, 7) is 1.90. The topological polar surface area (TPSA) is 110 Å². The van der Waals surface area contributed by atoms with Crippen LogP contribution in [0, 0.1) is 11.3 Å². The third-order valence-corrected chi connectivity index (χ3v) is 8.15. The molecule has 32 heavy (non-hydrogen) atoms. The van der Waals surface area contributed by atoms with Crippen LogP contribution in [0.25, 0.3) is 22.4 Å². The number of pyridine rings is 2. The Bertz CT molecular complexity index is 1330. The minimum Gasteiger partial charge on any atom is -0.495 e.